The summed E-state index contributed by atoms with van der Waals surface area (Å²) in [5.41, 5.74) is 4.02. The molecule has 1 aliphatic rings. The second-order valence-corrected chi connectivity index (χ2v) is 5.65. The molecule has 0 unspecified atom stereocenters. The molecule has 1 N–H and O–H groups in total. The first-order chi connectivity index (χ1) is 11.7. The molecule has 0 atom stereocenters. The van der Waals surface area contributed by atoms with E-state index in [0.29, 0.717) is 11.3 Å². The lowest BCUT2D eigenvalue weighted by molar-refractivity contribution is -0.112. The molecule has 3 aromatic carbocycles. The Labute approximate surface area is 140 Å². The monoisotopic (exact) mass is 313 g/mol. The van der Waals surface area contributed by atoms with E-state index in [0.717, 1.165) is 16.8 Å². The minimum atomic E-state index is -0.0920. The van der Waals surface area contributed by atoms with E-state index in [1.54, 1.807) is 23.1 Å². The van der Waals surface area contributed by atoms with Crippen molar-refractivity contribution < 1.29 is 9.90 Å². The van der Waals surface area contributed by atoms with Gasteiger partial charge in [0, 0.05) is 11.6 Å². The number of benzene rings is 3. The van der Waals surface area contributed by atoms with Gasteiger partial charge >= 0.3 is 0 Å². The van der Waals surface area contributed by atoms with Crippen LogP contribution in [0.25, 0.3) is 11.6 Å². The Bertz CT molecular complexity index is 945. The largest absolute Gasteiger partial charge is 0.508 e. The van der Waals surface area contributed by atoms with Gasteiger partial charge in [0.1, 0.15) is 5.75 Å². The zero-order valence-corrected chi connectivity index (χ0v) is 12.9. The highest BCUT2D eigenvalue weighted by molar-refractivity contribution is 6.38. The highest BCUT2D eigenvalue weighted by Crippen LogP contribution is 2.42. The van der Waals surface area contributed by atoms with Gasteiger partial charge in [0.2, 0.25) is 0 Å². The van der Waals surface area contributed by atoms with Gasteiger partial charge in [-0.05, 0) is 29.8 Å². The number of phenolic OH excluding ortho intramolecular Hbond substituents is 1. The second-order valence-electron chi connectivity index (χ2n) is 5.65. The summed E-state index contributed by atoms with van der Waals surface area (Å²) in [7, 11) is 0. The Morgan fingerprint density at radius 3 is 2.38 bits per heavy atom. The van der Waals surface area contributed by atoms with E-state index >= 15 is 0 Å². The number of hydrogen-bond donors (Lipinski definition) is 1. The molecular weight excluding hydrogens is 298 g/mol. The average Bonchev–Trinajstić information content (AvgIpc) is 2.88. The summed E-state index contributed by atoms with van der Waals surface area (Å²) < 4.78 is 0. The molecule has 0 saturated carbocycles. The van der Waals surface area contributed by atoms with Gasteiger partial charge in [0.25, 0.3) is 5.91 Å². The fourth-order valence-electron chi connectivity index (χ4n) is 2.99. The van der Waals surface area contributed by atoms with Crippen molar-refractivity contribution in [3.8, 4) is 5.75 Å². The van der Waals surface area contributed by atoms with Crippen LogP contribution in [0.15, 0.2) is 78.9 Å². The topological polar surface area (TPSA) is 40.5 Å². The van der Waals surface area contributed by atoms with E-state index in [2.05, 4.69) is 0 Å². The van der Waals surface area contributed by atoms with Gasteiger partial charge in [-0.15, -0.1) is 0 Å². The number of carbonyl (C=O) groups excluding carboxylic acids is 1. The molecule has 1 amide bonds. The van der Waals surface area contributed by atoms with Gasteiger partial charge in [-0.1, -0.05) is 54.6 Å². The number of anilines is 2. The predicted octanol–water partition coefficient (Wildman–Crippen LogP) is 4.61. The number of phenols is 1. The fourth-order valence-corrected chi connectivity index (χ4v) is 2.99. The number of carbonyl (C=O) groups is 1. The van der Waals surface area contributed by atoms with Crippen LogP contribution < -0.4 is 4.90 Å². The van der Waals surface area contributed by atoms with E-state index in [1.165, 1.54) is 0 Å². The summed E-state index contributed by atoms with van der Waals surface area (Å²) in [4.78, 5) is 14.7. The molecule has 116 valence electrons. The van der Waals surface area contributed by atoms with Crippen molar-refractivity contribution in [3.63, 3.8) is 0 Å². The molecule has 3 heteroatoms. The van der Waals surface area contributed by atoms with Gasteiger partial charge < -0.3 is 5.11 Å². The number of aromatic hydroxyl groups is 1. The number of fused-ring (bicyclic) bond motifs is 1. The highest BCUT2D eigenvalue weighted by atomic mass is 16.3. The molecule has 0 fully saturated rings. The maximum Gasteiger partial charge on any atom is 0.263 e. The van der Waals surface area contributed by atoms with Crippen LogP contribution in [0.5, 0.6) is 5.75 Å². The number of amides is 1. The lowest BCUT2D eigenvalue weighted by Crippen LogP contribution is -2.20. The molecule has 0 aliphatic carbocycles. The molecule has 0 spiro atoms. The van der Waals surface area contributed by atoms with E-state index in [9.17, 15) is 9.90 Å². The number of hydrogen-bond acceptors (Lipinski definition) is 2. The molecule has 24 heavy (non-hydrogen) atoms. The summed E-state index contributed by atoms with van der Waals surface area (Å²) in [6, 6.07) is 24.2. The molecule has 3 nitrogen and oxygen atoms in total. The fraction of sp³-hybridized carbons (Fsp3) is 0. The molecule has 0 aromatic heterocycles. The van der Waals surface area contributed by atoms with Crippen LogP contribution in [0.1, 0.15) is 11.1 Å². The van der Waals surface area contributed by atoms with Crippen LogP contribution in [0.2, 0.25) is 0 Å². The third-order valence-corrected chi connectivity index (χ3v) is 4.07. The Kier molecular flexibility index (Phi) is 3.39. The first kappa shape index (κ1) is 14.3. The van der Waals surface area contributed by atoms with Crippen LogP contribution in [-0.4, -0.2) is 11.0 Å². The maximum atomic E-state index is 13.1. The molecule has 4 rings (SSSR count). The van der Waals surface area contributed by atoms with E-state index in [4.69, 9.17) is 0 Å². The molecule has 0 saturated heterocycles. The molecule has 1 aliphatic heterocycles. The summed E-state index contributed by atoms with van der Waals surface area (Å²) in [5, 5.41) is 9.76. The van der Waals surface area contributed by atoms with E-state index < -0.39 is 0 Å². The molecular formula is C21H15NO2. The summed E-state index contributed by atoms with van der Waals surface area (Å²) >= 11 is 0. The van der Waals surface area contributed by atoms with Gasteiger partial charge in [0.05, 0.1) is 16.9 Å². The third-order valence-electron chi connectivity index (χ3n) is 4.07. The molecule has 0 bridgehead atoms. The van der Waals surface area contributed by atoms with E-state index in [1.807, 2.05) is 66.7 Å². The zero-order valence-electron chi connectivity index (χ0n) is 12.9. The Morgan fingerprint density at radius 2 is 1.58 bits per heavy atom. The second kappa shape index (κ2) is 5.70. The van der Waals surface area contributed by atoms with Crippen molar-refractivity contribution in [2.75, 3.05) is 4.90 Å². The van der Waals surface area contributed by atoms with Crippen LogP contribution in [-0.2, 0) is 4.79 Å². The highest BCUT2D eigenvalue weighted by Gasteiger charge is 2.33. The predicted molar refractivity (Wildman–Crippen MR) is 96.0 cm³/mol. The Morgan fingerprint density at radius 1 is 0.833 bits per heavy atom. The summed E-state index contributed by atoms with van der Waals surface area (Å²) in [5.74, 6) is 0.0453. The van der Waals surface area contributed by atoms with Gasteiger partial charge in [-0.2, -0.15) is 0 Å². The normalized spacial score (nSPS) is 14.9. The molecule has 3 aromatic rings. The van der Waals surface area contributed by atoms with Crippen molar-refractivity contribution in [3.05, 3.63) is 90.0 Å². The van der Waals surface area contributed by atoms with Crippen LogP contribution in [0.3, 0.4) is 0 Å². The number of para-hydroxylation sites is 1. The first-order valence-corrected chi connectivity index (χ1v) is 7.74. The van der Waals surface area contributed by atoms with E-state index in [-0.39, 0.29) is 11.7 Å². The molecule has 0 radical (unpaired) electrons. The lowest BCUT2D eigenvalue weighted by atomic mass is 10.0. The van der Waals surface area contributed by atoms with Crippen molar-refractivity contribution in [2.45, 2.75) is 0 Å². The minimum absolute atomic E-state index is 0.0920. The van der Waals surface area contributed by atoms with Crippen molar-refractivity contribution in [1.29, 1.82) is 0 Å². The quantitative estimate of drug-likeness (QED) is 0.702. The van der Waals surface area contributed by atoms with Crippen LogP contribution in [0.4, 0.5) is 11.4 Å². The lowest BCUT2D eigenvalue weighted by Gasteiger charge is -2.17. The zero-order chi connectivity index (χ0) is 16.5. The smallest absolute Gasteiger partial charge is 0.263 e. The van der Waals surface area contributed by atoms with Gasteiger partial charge in [-0.3, -0.25) is 9.69 Å². The van der Waals surface area contributed by atoms with Crippen molar-refractivity contribution in [1.82, 2.24) is 0 Å². The standard InChI is InChI=1S/C21H15NO2/c23-17-10-6-9-16(14-17)22-20-12-5-4-11-18(20)19(21(22)24)13-15-7-2-1-3-8-15/h1-14,23H. The van der Waals surface area contributed by atoms with Crippen molar-refractivity contribution >= 4 is 28.9 Å². The van der Waals surface area contributed by atoms with Gasteiger partial charge in [-0.25, -0.2) is 0 Å². The summed E-state index contributed by atoms with van der Waals surface area (Å²) in [6.07, 6.45) is 1.91. The third kappa shape index (κ3) is 2.36. The SMILES string of the molecule is O=C1C(=Cc2ccccc2)c2ccccc2N1c1cccc(O)c1. The van der Waals surface area contributed by atoms with Gasteiger partial charge in [0.15, 0.2) is 0 Å². The number of rotatable bonds is 2. The number of nitrogens with zero attached hydrogens (tertiary/aromatic N) is 1. The molecule has 1 heterocycles. The average molecular weight is 313 g/mol. The Hall–Kier alpha value is -3.33. The minimum Gasteiger partial charge on any atom is -0.508 e. The Balaban J connectivity index is 1.87. The van der Waals surface area contributed by atoms with Crippen LogP contribution in [0, 0.1) is 0 Å². The summed E-state index contributed by atoms with van der Waals surface area (Å²) in [6.45, 7) is 0. The first-order valence-electron chi connectivity index (χ1n) is 7.74. The van der Waals surface area contributed by atoms with Crippen LogP contribution >= 0.6 is 0 Å². The van der Waals surface area contributed by atoms with Crippen molar-refractivity contribution in [2.24, 2.45) is 0 Å². The maximum absolute atomic E-state index is 13.1.